The molecule has 0 bridgehead atoms. The van der Waals surface area contributed by atoms with Crippen LogP contribution in [0.2, 0.25) is 0 Å². The lowest BCUT2D eigenvalue weighted by Gasteiger charge is -2.15. The normalized spacial score (nSPS) is 11.3. The van der Waals surface area contributed by atoms with Crippen LogP contribution in [0.25, 0.3) is 0 Å². The molecular formula is C19H25N3O2S. The van der Waals surface area contributed by atoms with Crippen LogP contribution in [0.15, 0.2) is 17.5 Å². The van der Waals surface area contributed by atoms with Gasteiger partial charge in [0.1, 0.15) is 0 Å². The summed E-state index contributed by atoms with van der Waals surface area (Å²) in [7, 11) is 0. The van der Waals surface area contributed by atoms with Gasteiger partial charge in [-0.3, -0.25) is 9.59 Å². The monoisotopic (exact) mass is 359 g/mol. The summed E-state index contributed by atoms with van der Waals surface area (Å²) in [6.45, 7) is 11.5. The first-order valence-corrected chi connectivity index (χ1v) is 9.08. The second-order valence-electron chi connectivity index (χ2n) is 7.35. The fourth-order valence-corrected chi connectivity index (χ4v) is 3.16. The first kappa shape index (κ1) is 19.1. The van der Waals surface area contributed by atoms with Crippen LogP contribution in [0.5, 0.6) is 0 Å². The van der Waals surface area contributed by atoms with Gasteiger partial charge in [0.15, 0.2) is 5.13 Å². The van der Waals surface area contributed by atoms with E-state index < -0.39 is 5.41 Å². The number of carbonyl (C=O) groups excluding carboxylic acids is 2. The summed E-state index contributed by atoms with van der Waals surface area (Å²) >= 11 is 1.33. The Morgan fingerprint density at radius 2 is 1.68 bits per heavy atom. The average Bonchev–Trinajstić information content (AvgIpc) is 2.88. The van der Waals surface area contributed by atoms with E-state index in [-0.39, 0.29) is 18.2 Å². The number of hydrogen-bond donors (Lipinski definition) is 2. The zero-order valence-corrected chi connectivity index (χ0v) is 16.4. The van der Waals surface area contributed by atoms with Crippen LogP contribution in [-0.4, -0.2) is 16.8 Å². The van der Waals surface area contributed by atoms with Gasteiger partial charge in [-0.05, 0) is 31.9 Å². The van der Waals surface area contributed by atoms with Crippen molar-refractivity contribution in [1.82, 2.24) is 4.98 Å². The number of hydrogen-bond acceptors (Lipinski definition) is 4. The second kappa shape index (κ2) is 7.35. The Labute approximate surface area is 152 Å². The molecule has 0 aliphatic heterocycles. The minimum atomic E-state index is -0.482. The predicted octanol–water partition coefficient (Wildman–Crippen LogP) is 4.23. The molecule has 1 aromatic carbocycles. The smallest absolute Gasteiger partial charge is 0.231 e. The number of carbonyl (C=O) groups is 2. The van der Waals surface area contributed by atoms with Crippen molar-refractivity contribution < 1.29 is 9.59 Å². The quantitative estimate of drug-likeness (QED) is 0.858. The molecular weight excluding hydrogens is 334 g/mol. The Bertz CT molecular complexity index is 780. The van der Waals surface area contributed by atoms with E-state index in [1.807, 2.05) is 53.7 Å². The molecule has 0 aliphatic carbocycles. The molecule has 0 spiro atoms. The number of nitrogens with one attached hydrogen (secondary N) is 2. The van der Waals surface area contributed by atoms with Crippen molar-refractivity contribution in [3.05, 3.63) is 39.9 Å². The van der Waals surface area contributed by atoms with Gasteiger partial charge in [0.2, 0.25) is 11.8 Å². The lowest BCUT2D eigenvalue weighted by Crippen LogP contribution is -2.27. The van der Waals surface area contributed by atoms with Crippen molar-refractivity contribution in [2.75, 3.05) is 10.6 Å². The highest BCUT2D eigenvalue weighted by atomic mass is 32.1. The standard InChI is InChI=1S/C19H25N3O2S/c1-11-7-12(2)16(13(3)8-11)21-15(23)9-14-10-25-18(20-14)22-17(24)19(4,5)6/h7-8,10H,9H2,1-6H3,(H,21,23)(H,20,22,24). The van der Waals surface area contributed by atoms with E-state index in [0.717, 1.165) is 16.8 Å². The predicted molar refractivity (Wildman–Crippen MR) is 103 cm³/mol. The Morgan fingerprint density at radius 3 is 2.24 bits per heavy atom. The Morgan fingerprint density at radius 1 is 1.08 bits per heavy atom. The van der Waals surface area contributed by atoms with Crippen molar-refractivity contribution in [2.24, 2.45) is 5.41 Å². The molecule has 2 rings (SSSR count). The first-order valence-electron chi connectivity index (χ1n) is 8.20. The molecule has 2 N–H and O–H groups in total. The van der Waals surface area contributed by atoms with Crippen LogP contribution in [0.4, 0.5) is 10.8 Å². The van der Waals surface area contributed by atoms with Crippen LogP contribution in [0, 0.1) is 26.2 Å². The Hall–Kier alpha value is -2.21. The highest BCUT2D eigenvalue weighted by Gasteiger charge is 2.22. The topological polar surface area (TPSA) is 71.1 Å². The van der Waals surface area contributed by atoms with Crippen molar-refractivity contribution in [3.8, 4) is 0 Å². The van der Waals surface area contributed by atoms with Crippen molar-refractivity contribution >= 4 is 34.0 Å². The third-order valence-corrected chi connectivity index (χ3v) is 4.54. The van der Waals surface area contributed by atoms with Gasteiger partial charge < -0.3 is 10.6 Å². The number of aromatic nitrogens is 1. The van der Waals surface area contributed by atoms with Crippen LogP contribution in [0.1, 0.15) is 43.2 Å². The summed E-state index contributed by atoms with van der Waals surface area (Å²) < 4.78 is 0. The summed E-state index contributed by atoms with van der Waals surface area (Å²) in [5.41, 5.74) is 4.28. The van der Waals surface area contributed by atoms with E-state index in [1.165, 1.54) is 16.9 Å². The molecule has 25 heavy (non-hydrogen) atoms. The third kappa shape index (κ3) is 5.13. The molecule has 0 radical (unpaired) electrons. The van der Waals surface area contributed by atoms with E-state index in [4.69, 9.17) is 0 Å². The minimum absolute atomic E-state index is 0.0937. The molecule has 134 valence electrons. The van der Waals surface area contributed by atoms with Crippen molar-refractivity contribution in [1.29, 1.82) is 0 Å². The molecule has 2 amide bonds. The summed E-state index contributed by atoms with van der Waals surface area (Å²) in [5, 5.41) is 8.07. The molecule has 0 unspecified atom stereocenters. The van der Waals surface area contributed by atoms with Gasteiger partial charge in [-0.1, -0.05) is 38.5 Å². The number of benzene rings is 1. The minimum Gasteiger partial charge on any atom is -0.325 e. The number of rotatable bonds is 4. The third-order valence-electron chi connectivity index (χ3n) is 3.74. The highest BCUT2D eigenvalue weighted by Crippen LogP contribution is 2.23. The molecule has 0 aliphatic rings. The molecule has 1 heterocycles. The van der Waals surface area contributed by atoms with Crippen LogP contribution in [0.3, 0.4) is 0 Å². The second-order valence-corrected chi connectivity index (χ2v) is 8.20. The maximum Gasteiger partial charge on any atom is 0.231 e. The number of aryl methyl sites for hydroxylation is 3. The van der Waals surface area contributed by atoms with E-state index in [9.17, 15) is 9.59 Å². The van der Waals surface area contributed by atoms with E-state index in [0.29, 0.717) is 10.8 Å². The van der Waals surface area contributed by atoms with Gasteiger partial charge in [-0.2, -0.15) is 0 Å². The van der Waals surface area contributed by atoms with E-state index in [2.05, 4.69) is 15.6 Å². The number of amides is 2. The SMILES string of the molecule is Cc1cc(C)c(NC(=O)Cc2csc(NC(=O)C(C)(C)C)n2)c(C)c1. The molecule has 0 saturated carbocycles. The Balaban J connectivity index is 2.02. The van der Waals surface area contributed by atoms with Crippen LogP contribution >= 0.6 is 11.3 Å². The molecule has 1 aromatic heterocycles. The molecule has 2 aromatic rings. The van der Waals surface area contributed by atoms with Gasteiger partial charge in [0.25, 0.3) is 0 Å². The molecule has 0 atom stereocenters. The maximum absolute atomic E-state index is 12.3. The molecule has 5 nitrogen and oxygen atoms in total. The fourth-order valence-electron chi connectivity index (χ4n) is 2.46. The zero-order chi connectivity index (χ0) is 18.8. The van der Waals surface area contributed by atoms with Crippen LogP contribution in [-0.2, 0) is 16.0 Å². The summed E-state index contributed by atoms with van der Waals surface area (Å²) in [6, 6.07) is 4.09. The maximum atomic E-state index is 12.3. The van der Waals surface area contributed by atoms with E-state index >= 15 is 0 Å². The fraction of sp³-hybridized carbons (Fsp3) is 0.421. The highest BCUT2D eigenvalue weighted by molar-refractivity contribution is 7.13. The Kier molecular flexibility index (Phi) is 5.62. The zero-order valence-electron chi connectivity index (χ0n) is 15.6. The van der Waals surface area contributed by atoms with Gasteiger partial charge in [-0.25, -0.2) is 4.98 Å². The summed E-state index contributed by atoms with van der Waals surface area (Å²) in [4.78, 5) is 28.6. The van der Waals surface area contributed by atoms with Crippen molar-refractivity contribution in [2.45, 2.75) is 48.0 Å². The molecule has 0 saturated heterocycles. The summed E-state index contributed by atoms with van der Waals surface area (Å²) in [6.07, 6.45) is 0.175. The largest absolute Gasteiger partial charge is 0.325 e. The number of thiazole rings is 1. The van der Waals surface area contributed by atoms with Crippen molar-refractivity contribution in [3.63, 3.8) is 0 Å². The van der Waals surface area contributed by atoms with Gasteiger partial charge in [-0.15, -0.1) is 11.3 Å². The van der Waals surface area contributed by atoms with Gasteiger partial charge in [0.05, 0.1) is 12.1 Å². The van der Waals surface area contributed by atoms with Gasteiger partial charge >= 0.3 is 0 Å². The van der Waals surface area contributed by atoms with Crippen LogP contribution < -0.4 is 10.6 Å². The molecule has 6 heteroatoms. The van der Waals surface area contributed by atoms with Gasteiger partial charge in [0, 0.05) is 16.5 Å². The average molecular weight is 359 g/mol. The summed E-state index contributed by atoms with van der Waals surface area (Å²) in [5.74, 6) is -0.210. The van der Waals surface area contributed by atoms with E-state index in [1.54, 1.807) is 5.38 Å². The first-order chi connectivity index (χ1) is 11.6. The lowest BCUT2D eigenvalue weighted by atomic mass is 9.96. The lowest BCUT2D eigenvalue weighted by molar-refractivity contribution is -0.123. The number of anilines is 2. The molecule has 0 fully saturated rings. The number of nitrogens with zero attached hydrogens (tertiary/aromatic N) is 1.